The highest BCUT2D eigenvalue weighted by Gasteiger charge is 2.02. The second-order valence-corrected chi connectivity index (χ2v) is 3.45. The number of hydrogen-bond acceptors (Lipinski definition) is 3. The minimum Gasteiger partial charge on any atom is -0.370 e. The van der Waals surface area contributed by atoms with E-state index in [1.807, 2.05) is 0 Å². The third-order valence-corrected chi connectivity index (χ3v) is 2.16. The van der Waals surface area contributed by atoms with Crippen LogP contribution in [0, 0.1) is 0 Å². The summed E-state index contributed by atoms with van der Waals surface area (Å²) < 4.78 is 1.57. The van der Waals surface area contributed by atoms with Crippen molar-refractivity contribution in [3.05, 3.63) is 21.4 Å². The Kier molecular flexibility index (Phi) is 3.95. The Hall–Kier alpha value is -1.03. The lowest BCUT2D eigenvalue weighted by molar-refractivity contribution is 0.729. The van der Waals surface area contributed by atoms with E-state index in [0.29, 0.717) is 5.82 Å². The van der Waals surface area contributed by atoms with Crippen LogP contribution in [0.2, 0.25) is 5.15 Å². The minimum atomic E-state index is -0.247. The summed E-state index contributed by atoms with van der Waals surface area (Å²) in [6, 6.07) is 1.46. The van der Waals surface area contributed by atoms with Crippen molar-refractivity contribution in [2.75, 3.05) is 11.9 Å². The van der Waals surface area contributed by atoms with E-state index >= 15 is 0 Å². The molecule has 1 N–H and O–H groups in total. The Labute approximate surface area is 87.9 Å². The molecule has 0 saturated carbocycles. The molecular formula is C9H14ClN3O. The third-order valence-electron chi connectivity index (χ3n) is 1.89. The highest BCUT2D eigenvalue weighted by Crippen LogP contribution is 2.04. The lowest BCUT2D eigenvalue weighted by Gasteiger charge is -2.09. The number of halogens is 1. The number of nitrogens with one attached hydrogen (secondary N) is 1. The second kappa shape index (κ2) is 5.00. The van der Waals surface area contributed by atoms with E-state index in [-0.39, 0.29) is 10.6 Å². The molecule has 78 valence electrons. The molecule has 1 heterocycles. The second-order valence-electron chi connectivity index (χ2n) is 3.09. The fourth-order valence-corrected chi connectivity index (χ4v) is 1.24. The first-order valence-electron chi connectivity index (χ1n) is 4.63. The third kappa shape index (κ3) is 2.73. The van der Waals surface area contributed by atoms with Crippen LogP contribution >= 0.6 is 11.6 Å². The quantitative estimate of drug-likeness (QED) is 0.777. The fraction of sp³-hybridized carbons (Fsp3) is 0.556. The van der Waals surface area contributed by atoms with Gasteiger partial charge in [-0.15, -0.1) is 0 Å². The van der Waals surface area contributed by atoms with Gasteiger partial charge in [0.25, 0.3) is 0 Å². The average molecular weight is 216 g/mol. The zero-order chi connectivity index (χ0) is 10.6. The number of hydrogen-bond donors (Lipinski definition) is 1. The molecule has 1 aromatic rings. The number of anilines is 1. The van der Waals surface area contributed by atoms with Crippen molar-refractivity contribution in [3.8, 4) is 0 Å². The Morgan fingerprint density at radius 2 is 2.36 bits per heavy atom. The van der Waals surface area contributed by atoms with Crippen molar-refractivity contribution in [3.63, 3.8) is 0 Å². The van der Waals surface area contributed by atoms with Gasteiger partial charge < -0.3 is 5.32 Å². The maximum atomic E-state index is 11.2. The first kappa shape index (κ1) is 11.0. The monoisotopic (exact) mass is 215 g/mol. The van der Waals surface area contributed by atoms with Gasteiger partial charge in [-0.2, -0.15) is 5.10 Å². The zero-order valence-electron chi connectivity index (χ0n) is 8.38. The summed E-state index contributed by atoms with van der Waals surface area (Å²) in [4.78, 5) is 11.2. The van der Waals surface area contributed by atoms with Crippen molar-refractivity contribution >= 4 is 17.4 Å². The van der Waals surface area contributed by atoms with Crippen LogP contribution in [0.4, 0.5) is 5.82 Å². The molecule has 0 atom stereocenters. The van der Waals surface area contributed by atoms with Crippen LogP contribution in [0.25, 0.3) is 0 Å². The Morgan fingerprint density at radius 3 is 3.00 bits per heavy atom. The molecule has 0 radical (unpaired) electrons. The van der Waals surface area contributed by atoms with Gasteiger partial charge in [0.05, 0.1) is 0 Å². The van der Waals surface area contributed by atoms with Crippen LogP contribution in [-0.2, 0) is 7.05 Å². The molecule has 0 spiro atoms. The largest absolute Gasteiger partial charge is 0.370 e. The molecule has 0 bridgehead atoms. The topological polar surface area (TPSA) is 46.9 Å². The average Bonchev–Trinajstić information content (AvgIpc) is 2.14. The summed E-state index contributed by atoms with van der Waals surface area (Å²) in [7, 11) is 1.75. The minimum absolute atomic E-state index is 0.00791. The molecule has 1 rings (SSSR count). The predicted octanol–water partition coefficient (Wildman–Crippen LogP) is 1.65. The Bertz CT molecular complexity index is 362. The normalized spacial score (nSPS) is 10.2. The summed E-state index contributed by atoms with van der Waals surface area (Å²) in [5.74, 6) is 0.702. The standard InChI is InChI=1S/C9H14ClN3O/c1-3-4-5-11-8-6-7(14)9(10)12-13(8)2/h6,11H,3-5H2,1-2H3. The fourth-order valence-electron chi connectivity index (χ4n) is 1.07. The van der Waals surface area contributed by atoms with Crippen LogP contribution in [0.5, 0.6) is 0 Å². The summed E-state index contributed by atoms with van der Waals surface area (Å²) >= 11 is 5.58. The van der Waals surface area contributed by atoms with Crippen LogP contribution in [0.1, 0.15) is 19.8 Å². The molecule has 14 heavy (non-hydrogen) atoms. The van der Waals surface area contributed by atoms with Crippen LogP contribution in [0.3, 0.4) is 0 Å². The van der Waals surface area contributed by atoms with E-state index in [0.717, 1.165) is 19.4 Å². The number of unbranched alkanes of at least 4 members (excludes halogenated alkanes) is 1. The molecule has 4 nitrogen and oxygen atoms in total. The van der Waals surface area contributed by atoms with E-state index in [1.165, 1.54) is 6.07 Å². The van der Waals surface area contributed by atoms with Crippen LogP contribution in [0.15, 0.2) is 10.9 Å². The molecule has 0 amide bonds. The van der Waals surface area contributed by atoms with Gasteiger partial charge in [-0.25, -0.2) is 0 Å². The highest BCUT2D eigenvalue weighted by molar-refractivity contribution is 6.29. The lowest BCUT2D eigenvalue weighted by atomic mass is 10.3. The maximum absolute atomic E-state index is 11.2. The number of nitrogens with zero attached hydrogens (tertiary/aromatic N) is 2. The van der Waals surface area contributed by atoms with Crippen molar-refractivity contribution < 1.29 is 0 Å². The first-order chi connectivity index (χ1) is 6.65. The van der Waals surface area contributed by atoms with Gasteiger partial charge in [0.2, 0.25) is 5.43 Å². The van der Waals surface area contributed by atoms with Gasteiger partial charge >= 0.3 is 0 Å². The van der Waals surface area contributed by atoms with Crippen LogP contribution in [-0.4, -0.2) is 16.3 Å². The molecule has 5 heteroatoms. The highest BCUT2D eigenvalue weighted by atomic mass is 35.5. The summed E-state index contributed by atoms with van der Waals surface area (Å²) in [5.41, 5.74) is -0.247. The maximum Gasteiger partial charge on any atom is 0.221 e. The summed E-state index contributed by atoms with van der Waals surface area (Å²) in [6.07, 6.45) is 2.18. The zero-order valence-corrected chi connectivity index (χ0v) is 9.14. The van der Waals surface area contributed by atoms with Crippen LogP contribution < -0.4 is 10.7 Å². The summed E-state index contributed by atoms with van der Waals surface area (Å²) in [6.45, 7) is 2.95. The molecule has 0 aliphatic rings. The SMILES string of the molecule is CCCCNc1cc(=O)c(Cl)nn1C. The van der Waals surface area contributed by atoms with E-state index < -0.39 is 0 Å². The Morgan fingerprint density at radius 1 is 1.64 bits per heavy atom. The first-order valence-corrected chi connectivity index (χ1v) is 5.00. The van der Waals surface area contributed by atoms with E-state index in [2.05, 4.69) is 17.3 Å². The van der Waals surface area contributed by atoms with E-state index in [4.69, 9.17) is 11.6 Å². The van der Waals surface area contributed by atoms with Crippen molar-refractivity contribution in [2.24, 2.45) is 7.05 Å². The molecule has 0 aliphatic carbocycles. The van der Waals surface area contributed by atoms with Crippen molar-refractivity contribution in [2.45, 2.75) is 19.8 Å². The van der Waals surface area contributed by atoms with Gasteiger partial charge in [-0.05, 0) is 6.42 Å². The summed E-state index contributed by atoms with van der Waals surface area (Å²) in [5, 5.41) is 6.99. The van der Waals surface area contributed by atoms with Gasteiger partial charge in [0.15, 0.2) is 5.15 Å². The molecular weight excluding hydrogens is 202 g/mol. The van der Waals surface area contributed by atoms with Crippen molar-refractivity contribution in [1.82, 2.24) is 9.78 Å². The molecule has 1 aromatic heterocycles. The Balaban J connectivity index is 2.77. The van der Waals surface area contributed by atoms with E-state index in [9.17, 15) is 4.79 Å². The predicted molar refractivity (Wildman–Crippen MR) is 57.9 cm³/mol. The van der Waals surface area contributed by atoms with Gasteiger partial charge in [0.1, 0.15) is 5.82 Å². The van der Waals surface area contributed by atoms with Crippen molar-refractivity contribution in [1.29, 1.82) is 0 Å². The molecule has 0 aromatic carbocycles. The van der Waals surface area contributed by atoms with Gasteiger partial charge in [-0.3, -0.25) is 9.48 Å². The molecule has 0 unspecified atom stereocenters. The van der Waals surface area contributed by atoms with Gasteiger partial charge in [-0.1, -0.05) is 24.9 Å². The smallest absolute Gasteiger partial charge is 0.221 e. The molecule has 0 fully saturated rings. The number of rotatable bonds is 4. The number of aryl methyl sites for hydroxylation is 1. The lowest BCUT2D eigenvalue weighted by Crippen LogP contribution is -2.16. The van der Waals surface area contributed by atoms with Gasteiger partial charge in [0, 0.05) is 19.7 Å². The molecule has 0 aliphatic heterocycles. The van der Waals surface area contributed by atoms with E-state index in [1.54, 1.807) is 11.7 Å². The number of aromatic nitrogens is 2. The molecule has 0 saturated heterocycles.